The lowest BCUT2D eigenvalue weighted by atomic mass is 10.1. The number of carbonyl (C=O) groups is 1. The summed E-state index contributed by atoms with van der Waals surface area (Å²) in [6.45, 7) is 2.11. The molecule has 0 atom stereocenters. The van der Waals surface area contributed by atoms with E-state index in [1.54, 1.807) is 12.1 Å². The van der Waals surface area contributed by atoms with Crippen LogP contribution in [0.2, 0.25) is 0 Å². The van der Waals surface area contributed by atoms with Gasteiger partial charge in [-0.25, -0.2) is 4.79 Å². The molecule has 1 amide bonds. The molecule has 0 aliphatic rings. The van der Waals surface area contributed by atoms with Crippen molar-refractivity contribution >= 4 is 23.4 Å². The largest absolute Gasteiger partial charge is 0.453 e. The maximum Gasteiger partial charge on any atom is 0.412 e. The molecule has 6 nitrogen and oxygen atoms in total. The van der Waals surface area contributed by atoms with Gasteiger partial charge in [-0.2, -0.15) is 0 Å². The zero-order chi connectivity index (χ0) is 14.4. The van der Waals surface area contributed by atoms with Gasteiger partial charge in [0.15, 0.2) is 11.6 Å². The second-order valence-corrected chi connectivity index (χ2v) is 4.10. The quantitative estimate of drug-likeness (QED) is 0.894. The van der Waals surface area contributed by atoms with Crippen molar-refractivity contribution in [3.8, 4) is 0 Å². The average molecular weight is 272 g/mol. The van der Waals surface area contributed by atoms with Gasteiger partial charge in [-0.05, 0) is 36.2 Å². The molecule has 0 spiro atoms. The van der Waals surface area contributed by atoms with Crippen LogP contribution in [0, 0.1) is 0 Å². The highest BCUT2D eigenvalue weighted by Crippen LogP contribution is 2.15. The summed E-state index contributed by atoms with van der Waals surface area (Å²) in [4.78, 5) is 11.0. The minimum Gasteiger partial charge on any atom is -0.453 e. The molecule has 0 aliphatic carbocycles. The van der Waals surface area contributed by atoms with E-state index >= 15 is 0 Å². The number of nitrogens with one attached hydrogen (secondary N) is 2. The first-order valence-electron chi connectivity index (χ1n) is 6.26. The molecule has 2 rings (SSSR count). The van der Waals surface area contributed by atoms with Crippen molar-refractivity contribution in [3.05, 3.63) is 42.0 Å². The predicted octanol–water partition coefficient (Wildman–Crippen LogP) is 2.96. The summed E-state index contributed by atoms with van der Waals surface area (Å²) in [5, 5.41) is 13.4. The molecule has 1 heterocycles. The van der Waals surface area contributed by atoms with Crippen molar-refractivity contribution in [2.45, 2.75) is 13.3 Å². The molecular weight excluding hydrogens is 256 g/mol. The van der Waals surface area contributed by atoms with E-state index in [1.807, 2.05) is 12.1 Å². The van der Waals surface area contributed by atoms with Crippen molar-refractivity contribution in [3.63, 3.8) is 0 Å². The summed E-state index contributed by atoms with van der Waals surface area (Å²) in [5.41, 5.74) is 2.21. The summed E-state index contributed by atoms with van der Waals surface area (Å²) in [6, 6.07) is 11.5. The highest BCUT2D eigenvalue weighted by Gasteiger charge is 2.03. The van der Waals surface area contributed by atoms with E-state index in [9.17, 15) is 4.79 Å². The molecule has 0 fully saturated rings. The fraction of sp³-hybridized carbons (Fsp3) is 0.214. The molecule has 0 bridgehead atoms. The maximum absolute atomic E-state index is 11.0. The van der Waals surface area contributed by atoms with Crippen LogP contribution in [-0.4, -0.2) is 23.4 Å². The molecule has 1 aromatic carbocycles. The number of anilines is 3. The Morgan fingerprint density at radius 3 is 2.30 bits per heavy atom. The van der Waals surface area contributed by atoms with Crippen LogP contribution in [0.5, 0.6) is 0 Å². The van der Waals surface area contributed by atoms with Gasteiger partial charge >= 0.3 is 6.09 Å². The van der Waals surface area contributed by atoms with Crippen LogP contribution in [0.4, 0.5) is 22.1 Å². The van der Waals surface area contributed by atoms with Gasteiger partial charge in [0, 0.05) is 5.69 Å². The summed E-state index contributed by atoms with van der Waals surface area (Å²) in [5.74, 6) is 0.938. The lowest BCUT2D eigenvalue weighted by Crippen LogP contribution is -2.12. The lowest BCUT2D eigenvalue weighted by Gasteiger charge is -2.06. The van der Waals surface area contributed by atoms with Gasteiger partial charge in [-0.15, -0.1) is 10.2 Å². The number of hydrogen-bond acceptors (Lipinski definition) is 5. The fourth-order valence-electron chi connectivity index (χ4n) is 1.59. The number of nitrogens with zero attached hydrogens (tertiary/aromatic N) is 2. The topological polar surface area (TPSA) is 76.1 Å². The van der Waals surface area contributed by atoms with Gasteiger partial charge in [0.1, 0.15) is 0 Å². The molecule has 1 aromatic heterocycles. The molecule has 0 unspecified atom stereocenters. The molecule has 2 N–H and O–H groups in total. The van der Waals surface area contributed by atoms with Crippen LogP contribution < -0.4 is 10.6 Å². The number of carbonyl (C=O) groups excluding carboxylic acids is 1. The minimum atomic E-state index is -0.574. The lowest BCUT2D eigenvalue weighted by molar-refractivity contribution is 0.187. The Morgan fingerprint density at radius 2 is 1.75 bits per heavy atom. The van der Waals surface area contributed by atoms with Gasteiger partial charge < -0.3 is 10.1 Å². The number of amides is 1. The number of aryl methyl sites for hydroxylation is 1. The SMILES string of the molecule is CCc1ccc(Nc2ccc(NC(=O)OC)nn2)cc1. The Kier molecular flexibility index (Phi) is 4.49. The molecule has 0 radical (unpaired) electrons. The second kappa shape index (κ2) is 6.51. The number of benzene rings is 1. The highest BCUT2D eigenvalue weighted by atomic mass is 16.5. The summed E-state index contributed by atoms with van der Waals surface area (Å²) in [7, 11) is 1.29. The van der Waals surface area contributed by atoms with E-state index in [0.717, 1.165) is 12.1 Å². The third kappa shape index (κ3) is 3.68. The first-order chi connectivity index (χ1) is 9.71. The molecule has 6 heteroatoms. The van der Waals surface area contributed by atoms with E-state index in [0.29, 0.717) is 11.6 Å². The molecular formula is C14H16N4O2. The molecule has 0 aliphatic heterocycles. The van der Waals surface area contributed by atoms with Crippen molar-refractivity contribution in [1.29, 1.82) is 0 Å². The first kappa shape index (κ1) is 13.8. The van der Waals surface area contributed by atoms with E-state index < -0.39 is 6.09 Å². The van der Waals surface area contributed by atoms with Gasteiger partial charge in [0.2, 0.25) is 0 Å². The summed E-state index contributed by atoms with van der Waals surface area (Å²) < 4.78 is 4.47. The van der Waals surface area contributed by atoms with Crippen molar-refractivity contribution in [2.24, 2.45) is 0 Å². The van der Waals surface area contributed by atoms with Crippen LogP contribution in [0.25, 0.3) is 0 Å². The number of ether oxygens (including phenoxy) is 1. The van der Waals surface area contributed by atoms with Crippen molar-refractivity contribution < 1.29 is 9.53 Å². The minimum absolute atomic E-state index is 0.337. The molecule has 2 aromatic rings. The van der Waals surface area contributed by atoms with Crippen molar-refractivity contribution in [2.75, 3.05) is 17.7 Å². The number of hydrogen-bond donors (Lipinski definition) is 2. The van der Waals surface area contributed by atoms with Gasteiger partial charge in [-0.1, -0.05) is 19.1 Å². The van der Waals surface area contributed by atoms with Crippen LogP contribution in [0.3, 0.4) is 0 Å². The van der Waals surface area contributed by atoms with Crippen LogP contribution in [0.1, 0.15) is 12.5 Å². The number of aromatic nitrogens is 2. The van der Waals surface area contributed by atoms with Crippen LogP contribution in [-0.2, 0) is 11.2 Å². The Morgan fingerprint density at radius 1 is 1.10 bits per heavy atom. The predicted molar refractivity (Wildman–Crippen MR) is 77.2 cm³/mol. The standard InChI is InChI=1S/C14H16N4O2/c1-3-10-4-6-11(7-5-10)15-12-8-9-13(18-17-12)16-14(19)20-2/h4-9H,3H2,1-2H3,(H,15,17)(H,16,18,19). The third-order valence-electron chi connectivity index (χ3n) is 2.71. The zero-order valence-corrected chi connectivity index (χ0v) is 11.4. The fourth-order valence-corrected chi connectivity index (χ4v) is 1.59. The van der Waals surface area contributed by atoms with E-state index in [4.69, 9.17) is 0 Å². The molecule has 20 heavy (non-hydrogen) atoms. The number of methoxy groups -OCH3 is 1. The Labute approximate surface area is 117 Å². The summed E-state index contributed by atoms with van der Waals surface area (Å²) in [6.07, 6.45) is 0.434. The van der Waals surface area contributed by atoms with E-state index in [2.05, 4.69) is 44.6 Å². The second-order valence-electron chi connectivity index (χ2n) is 4.10. The van der Waals surface area contributed by atoms with Crippen LogP contribution >= 0.6 is 0 Å². The smallest absolute Gasteiger partial charge is 0.412 e. The molecule has 104 valence electrons. The molecule has 0 saturated heterocycles. The summed E-state index contributed by atoms with van der Waals surface area (Å²) >= 11 is 0. The van der Waals surface area contributed by atoms with Gasteiger partial charge in [-0.3, -0.25) is 5.32 Å². The Hall–Kier alpha value is -2.63. The van der Waals surface area contributed by atoms with Crippen LogP contribution in [0.15, 0.2) is 36.4 Å². The Bertz CT molecular complexity index is 567. The zero-order valence-electron chi connectivity index (χ0n) is 11.4. The maximum atomic E-state index is 11.0. The normalized spacial score (nSPS) is 9.90. The first-order valence-corrected chi connectivity index (χ1v) is 6.26. The molecule has 0 saturated carbocycles. The van der Waals surface area contributed by atoms with E-state index in [-0.39, 0.29) is 0 Å². The average Bonchev–Trinajstić information content (AvgIpc) is 2.50. The monoisotopic (exact) mass is 272 g/mol. The Balaban J connectivity index is 2.00. The van der Waals surface area contributed by atoms with Gasteiger partial charge in [0.25, 0.3) is 0 Å². The highest BCUT2D eigenvalue weighted by molar-refractivity contribution is 5.83. The third-order valence-corrected chi connectivity index (χ3v) is 2.71. The van der Waals surface area contributed by atoms with Gasteiger partial charge in [0.05, 0.1) is 7.11 Å². The van der Waals surface area contributed by atoms with Crippen molar-refractivity contribution in [1.82, 2.24) is 10.2 Å². The van der Waals surface area contributed by atoms with E-state index in [1.165, 1.54) is 12.7 Å². The number of rotatable bonds is 4.